The Morgan fingerprint density at radius 1 is 1.38 bits per heavy atom. The number of nitrogens with zero attached hydrogens (tertiary/aromatic N) is 3. The molecule has 0 fully saturated rings. The first-order valence-electron chi connectivity index (χ1n) is 5.07. The molecule has 1 rings (SSSR count). The van der Waals surface area contributed by atoms with Crippen molar-refractivity contribution < 1.29 is 0 Å². The van der Waals surface area contributed by atoms with Gasteiger partial charge in [0.05, 0.1) is 5.56 Å². The van der Waals surface area contributed by atoms with E-state index in [1.807, 2.05) is 17.9 Å². The van der Waals surface area contributed by atoms with Gasteiger partial charge in [0.25, 0.3) is 0 Å². The van der Waals surface area contributed by atoms with Crippen LogP contribution >= 0.6 is 0 Å². The van der Waals surface area contributed by atoms with E-state index >= 15 is 0 Å². The molecule has 0 saturated carbocycles. The topological polar surface area (TPSA) is 39.9 Å². The summed E-state index contributed by atoms with van der Waals surface area (Å²) in [5, 5.41) is 9.03. The standard InChI is InChI=1S/C13H15N3/c1-4-8-16(9-5-2)13-12(10-14)7-6-11(3)15-13/h4-7H,1-2,8-9H2,3H3. The minimum absolute atomic E-state index is 0.578. The van der Waals surface area contributed by atoms with Crippen molar-refractivity contribution in [2.45, 2.75) is 6.92 Å². The highest BCUT2D eigenvalue weighted by Crippen LogP contribution is 2.17. The van der Waals surface area contributed by atoms with Crippen molar-refractivity contribution in [1.29, 1.82) is 5.26 Å². The van der Waals surface area contributed by atoms with E-state index in [9.17, 15) is 0 Å². The van der Waals surface area contributed by atoms with Crippen LogP contribution in [-0.2, 0) is 0 Å². The molecule has 0 saturated heterocycles. The third-order valence-corrected chi connectivity index (χ3v) is 2.13. The molecule has 0 bridgehead atoms. The van der Waals surface area contributed by atoms with E-state index in [2.05, 4.69) is 24.2 Å². The Morgan fingerprint density at radius 3 is 2.50 bits per heavy atom. The molecule has 1 aromatic rings. The lowest BCUT2D eigenvalue weighted by Crippen LogP contribution is -2.25. The van der Waals surface area contributed by atoms with Gasteiger partial charge in [-0.1, -0.05) is 12.2 Å². The molecule has 0 spiro atoms. The summed E-state index contributed by atoms with van der Waals surface area (Å²) >= 11 is 0. The van der Waals surface area contributed by atoms with Gasteiger partial charge in [-0.25, -0.2) is 4.98 Å². The first-order valence-corrected chi connectivity index (χ1v) is 5.07. The van der Waals surface area contributed by atoms with Crippen LogP contribution in [0.4, 0.5) is 5.82 Å². The Hall–Kier alpha value is -2.08. The Labute approximate surface area is 96.3 Å². The van der Waals surface area contributed by atoms with Crippen LogP contribution in [-0.4, -0.2) is 18.1 Å². The Balaban J connectivity index is 3.15. The third kappa shape index (κ3) is 2.71. The van der Waals surface area contributed by atoms with Gasteiger partial charge in [-0.05, 0) is 19.1 Å². The summed E-state index contributed by atoms with van der Waals surface area (Å²) in [5.41, 5.74) is 1.47. The number of aromatic nitrogens is 1. The maximum absolute atomic E-state index is 9.03. The quantitative estimate of drug-likeness (QED) is 0.705. The maximum Gasteiger partial charge on any atom is 0.147 e. The molecule has 3 heteroatoms. The predicted molar refractivity (Wildman–Crippen MR) is 66.3 cm³/mol. The molecule has 1 aromatic heterocycles. The largest absolute Gasteiger partial charge is 0.348 e. The average molecular weight is 213 g/mol. The van der Waals surface area contributed by atoms with Crippen LogP contribution < -0.4 is 4.90 Å². The van der Waals surface area contributed by atoms with Gasteiger partial charge in [-0.2, -0.15) is 5.26 Å². The van der Waals surface area contributed by atoms with Gasteiger partial charge in [-0.3, -0.25) is 0 Å². The van der Waals surface area contributed by atoms with E-state index in [-0.39, 0.29) is 0 Å². The molecule has 0 aliphatic heterocycles. The fourth-order valence-corrected chi connectivity index (χ4v) is 1.43. The van der Waals surface area contributed by atoms with Crippen LogP contribution in [0.2, 0.25) is 0 Å². The van der Waals surface area contributed by atoms with E-state index in [1.165, 1.54) is 0 Å². The third-order valence-electron chi connectivity index (χ3n) is 2.13. The van der Waals surface area contributed by atoms with E-state index in [0.717, 1.165) is 5.69 Å². The summed E-state index contributed by atoms with van der Waals surface area (Å²) in [6.07, 6.45) is 3.57. The van der Waals surface area contributed by atoms with Crippen molar-refractivity contribution >= 4 is 5.82 Å². The highest BCUT2D eigenvalue weighted by Gasteiger charge is 2.10. The minimum atomic E-state index is 0.578. The molecule has 82 valence electrons. The normalized spacial score (nSPS) is 9.25. The number of hydrogen-bond donors (Lipinski definition) is 0. The van der Waals surface area contributed by atoms with Crippen LogP contribution in [0.1, 0.15) is 11.3 Å². The van der Waals surface area contributed by atoms with Crippen molar-refractivity contribution in [2.24, 2.45) is 0 Å². The van der Waals surface area contributed by atoms with Crippen LogP contribution in [0.25, 0.3) is 0 Å². The zero-order valence-corrected chi connectivity index (χ0v) is 9.48. The van der Waals surface area contributed by atoms with Crippen LogP contribution in [0.3, 0.4) is 0 Å². The summed E-state index contributed by atoms with van der Waals surface area (Å²) < 4.78 is 0. The molecule has 16 heavy (non-hydrogen) atoms. The Kier molecular flexibility index (Phi) is 4.28. The number of pyridine rings is 1. The summed E-state index contributed by atoms with van der Waals surface area (Å²) in [7, 11) is 0. The van der Waals surface area contributed by atoms with Gasteiger partial charge >= 0.3 is 0 Å². The lowest BCUT2D eigenvalue weighted by Gasteiger charge is -2.21. The molecule has 0 unspecified atom stereocenters. The highest BCUT2D eigenvalue weighted by molar-refractivity contribution is 5.55. The SMILES string of the molecule is C=CCN(CC=C)c1nc(C)ccc1C#N. The second-order valence-electron chi connectivity index (χ2n) is 3.42. The smallest absolute Gasteiger partial charge is 0.147 e. The van der Waals surface area contributed by atoms with Crippen LogP contribution in [0.5, 0.6) is 0 Å². The van der Waals surface area contributed by atoms with E-state index in [0.29, 0.717) is 24.5 Å². The predicted octanol–water partition coefficient (Wildman–Crippen LogP) is 2.44. The fraction of sp³-hybridized carbons (Fsp3) is 0.231. The van der Waals surface area contributed by atoms with E-state index in [4.69, 9.17) is 5.26 Å². The Morgan fingerprint density at radius 2 is 2.00 bits per heavy atom. The molecule has 0 aliphatic rings. The molecule has 1 heterocycles. The summed E-state index contributed by atoms with van der Waals surface area (Å²) in [6, 6.07) is 5.77. The number of hydrogen-bond acceptors (Lipinski definition) is 3. The monoisotopic (exact) mass is 213 g/mol. The van der Waals surface area contributed by atoms with Crippen molar-refractivity contribution in [2.75, 3.05) is 18.0 Å². The van der Waals surface area contributed by atoms with Gasteiger partial charge in [0.15, 0.2) is 0 Å². The lowest BCUT2D eigenvalue weighted by atomic mass is 10.2. The van der Waals surface area contributed by atoms with Gasteiger partial charge in [0.1, 0.15) is 11.9 Å². The average Bonchev–Trinajstić information content (AvgIpc) is 2.29. The number of nitriles is 1. The van der Waals surface area contributed by atoms with E-state index in [1.54, 1.807) is 18.2 Å². The molecule has 0 radical (unpaired) electrons. The van der Waals surface area contributed by atoms with Gasteiger partial charge in [0, 0.05) is 18.8 Å². The van der Waals surface area contributed by atoms with Crippen LogP contribution in [0, 0.1) is 18.3 Å². The molecule has 0 N–H and O–H groups in total. The van der Waals surface area contributed by atoms with Crippen molar-refractivity contribution in [3.8, 4) is 6.07 Å². The molecule has 0 atom stereocenters. The lowest BCUT2D eigenvalue weighted by molar-refractivity contribution is 0.915. The molecule has 0 aliphatic carbocycles. The minimum Gasteiger partial charge on any atom is -0.348 e. The Bertz CT molecular complexity index is 419. The second kappa shape index (κ2) is 5.72. The number of anilines is 1. The second-order valence-corrected chi connectivity index (χ2v) is 3.42. The summed E-state index contributed by atoms with van der Waals surface area (Å²) in [6.45, 7) is 10.6. The first-order chi connectivity index (χ1) is 7.72. The summed E-state index contributed by atoms with van der Waals surface area (Å²) in [5.74, 6) is 0.697. The fourth-order valence-electron chi connectivity index (χ4n) is 1.43. The van der Waals surface area contributed by atoms with E-state index < -0.39 is 0 Å². The maximum atomic E-state index is 9.03. The molecule has 0 aromatic carbocycles. The number of rotatable bonds is 5. The first kappa shape index (κ1) is 12.0. The van der Waals surface area contributed by atoms with Crippen molar-refractivity contribution in [3.05, 3.63) is 48.7 Å². The van der Waals surface area contributed by atoms with Gasteiger partial charge < -0.3 is 4.90 Å². The zero-order chi connectivity index (χ0) is 12.0. The molecule has 0 amide bonds. The number of aryl methyl sites for hydroxylation is 1. The summed E-state index contributed by atoms with van der Waals surface area (Å²) in [4.78, 5) is 6.35. The molecular weight excluding hydrogens is 198 g/mol. The van der Waals surface area contributed by atoms with Gasteiger partial charge in [-0.15, -0.1) is 13.2 Å². The molecular formula is C13H15N3. The highest BCUT2D eigenvalue weighted by atomic mass is 15.2. The van der Waals surface area contributed by atoms with Crippen molar-refractivity contribution in [1.82, 2.24) is 4.98 Å². The zero-order valence-electron chi connectivity index (χ0n) is 9.48. The molecule has 3 nitrogen and oxygen atoms in total. The van der Waals surface area contributed by atoms with Crippen LogP contribution in [0.15, 0.2) is 37.4 Å². The van der Waals surface area contributed by atoms with Crippen molar-refractivity contribution in [3.63, 3.8) is 0 Å². The van der Waals surface area contributed by atoms with Gasteiger partial charge in [0.2, 0.25) is 0 Å².